The lowest BCUT2D eigenvalue weighted by atomic mass is 9.81. The van der Waals surface area contributed by atoms with Gasteiger partial charge in [0.2, 0.25) is 0 Å². The first-order valence-electron chi connectivity index (χ1n) is 9.79. The molecule has 29 heavy (non-hydrogen) atoms. The Bertz CT molecular complexity index is 950. The molecule has 1 fully saturated rings. The summed E-state index contributed by atoms with van der Waals surface area (Å²) in [5.74, 6) is 0.101. The van der Waals surface area contributed by atoms with E-state index in [4.69, 9.17) is 4.74 Å². The van der Waals surface area contributed by atoms with E-state index < -0.39 is 0 Å². The second-order valence-corrected chi connectivity index (χ2v) is 8.95. The van der Waals surface area contributed by atoms with Crippen LogP contribution in [0.4, 0.5) is 0 Å². The van der Waals surface area contributed by atoms with Crippen LogP contribution in [0.25, 0.3) is 11.3 Å². The van der Waals surface area contributed by atoms with E-state index in [2.05, 4.69) is 58.4 Å². The highest BCUT2D eigenvalue weighted by atomic mass is 16.5. The van der Waals surface area contributed by atoms with Crippen LogP contribution in [0.15, 0.2) is 34.6 Å². The zero-order valence-corrected chi connectivity index (χ0v) is 17.2. The van der Waals surface area contributed by atoms with Gasteiger partial charge in [0.05, 0.1) is 11.9 Å². The average Bonchev–Trinajstić information content (AvgIpc) is 3.14. The van der Waals surface area contributed by atoms with Crippen molar-refractivity contribution in [1.29, 1.82) is 0 Å². The third kappa shape index (κ3) is 4.42. The number of ether oxygens (including phenoxy) is 1. The Hall–Kier alpha value is -2.87. The van der Waals surface area contributed by atoms with Crippen LogP contribution in [-0.2, 0) is 0 Å². The van der Waals surface area contributed by atoms with Crippen molar-refractivity contribution in [2.24, 2.45) is 10.2 Å². The summed E-state index contributed by atoms with van der Waals surface area (Å²) in [6.45, 7) is 8.68. The van der Waals surface area contributed by atoms with Gasteiger partial charge in [-0.3, -0.25) is 0 Å². The zero-order valence-electron chi connectivity index (χ0n) is 17.2. The number of piperidine rings is 1. The molecule has 0 bridgehead atoms. The maximum Gasteiger partial charge on any atom is 0.335 e. The van der Waals surface area contributed by atoms with Crippen molar-refractivity contribution in [1.82, 2.24) is 20.5 Å². The number of nitrogens with one attached hydrogen (secondary N) is 1. The number of nitrogens with zero attached hydrogens (tertiary/aromatic N) is 5. The number of phenolic OH excluding ortho intramolecular Hbond substituents is 1. The van der Waals surface area contributed by atoms with Crippen molar-refractivity contribution in [3.63, 3.8) is 0 Å². The Morgan fingerprint density at radius 1 is 1.10 bits per heavy atom. The first kappa shape index (κ1) is 19.4. The summed E-state index contributed by atoms with van der Waals surface area (Å²) in [4.78, 5) is 4.31. The normalized spacial score (nSPS) is 20.5. The van der Waals surface area contributed by atoms with Crippen molar-refractivity contribution >= 4 is 11.9 Å². The van der Waals surface area contributed by atoms with Gasteiger partial charge in [0.15, 0.2) is 0 Å². The second-order valence-electron chi connectivity index (χ2n) is 8.95. The second kappa shape index (κ2) is 7.18. The van der Waals surface area contributed by atoms with E-state index in [0.29, 0.717) is 17.7 Å². The van der Waals surface area contributed by atoms with Gasteiger partial charge in [-0.05, 0) is 39.8 Å². The maximum absolute atomic E-state index is 10.4. The van der Waals surface area contributed by atoms with Gasteiger partial charge < -0.3 is 15.2 Å². The van der Waals surface area contributed by atoms with Crippen molar-refractivity contribution in [3.8, 4) is 23.0 Å². The molecule has 0 unspecified atom stereocenters. The molecule has 3 heterocycles. The molecule has 1 aromatic heterocycles. The molecule has 0 aliphatic carbocycles. The molecule has 0 amide bonds. The molecule has 2 aliphatic heterocycles. The molecular weight excluding hydrogens is 368 g/mol. The minimum absolute atomic E-state index is 0.0102. The molecule has 8 heteroatoms. The lowest BCUT2D eigenvalue weighted by Crippen LogP contribution is -2.60. The van der Waals surface area contributed by atoms with Crippen LogP contribution in [0, 0.1) is 0 Å². The Labute approximate surface area is 170 Å². The van der Waals surface area contributed by atoms with E-state index in [1.54, 1.807) is 24.5 Å². The molecule has 0 radical (unpaired) electrons. The fourth-order valence-electron chi connectivity index (χ4n) is 4.29. The topological polar surface area (TPSA) is 105 Å². The van der Waals surface area contributed by atoms with Crippen LogP contribution in [0.1, 0.15) is 52.5 Å². The summed E-state index contributed by atoms with van der Waals surface area (Å²) in [6.07, 6.45) is 5.70. The largest absolute Gasteiger partial charge is 0.507 e. The summed E-state index contributed by atoms with van der Waals surface area (Å²) in [5, 5.41) is 30.3. The van der Waals surface area contributed by atoms with Crippen LogP contribution < -0.4 is 10.1 Å². The minimum Gasteiger partial charge on any atom is -0.507 e. The Morgan fingerprint density at radius 2 is 1.86 bits per heavy atom. The fraction of sp³-hybridized carbons (Fsp3) is 0.476. The Kier molecular flexibility index (Phi) is 4.82. The molecule has 1 saturated heterocycles. The molecule has 0 atom stereocenters. The third-order valence-corrected chi connectivity index (χ3v) is 5.12. The van der Waals surface area contributed by atoms with Crippen LogP contribution in [-0.4, -0.2) is 49.4 Å². The van der Waals surface area contributed by atoms with E-state index in [0.717, 1.165) is 24.1 Å². The molecule has 0 saturated carbocycles. The molecule has 1 aromatic carbocycles. The van der Waals surface area contributed by atoms with Crippen molar-refractivity contribution < 1.29 is 9.84 Å². The smallest absolute Gasteiger partial charge is 0.335 e. The van der Waals surface area contributed by atoms with Crippen molar-refractivity contribution in [2.45, 2.75) is 64.1 Å². The fourth-order valence-corrected chi connectivity index (χ4v) is 4.29. The first-order chi connectivity index (χ1) is 13.7. The summed E-state index contributed by atoms with van der Waals surface area (Å²) in [7, 11) is 0. The molecule has 2 aromatic rings. The number of phenols is 1. The van der Waals surface area contributed by atoms with E-state index in [-0.39, 0.29) is 28.9 Å². The standard InChI is InChI=1S/C21H26N6O2/c1-20(2)10-14(11-21(3,4)27-20)29-19-22-12-17(25-26-19)15-6-5-13(9-18(15)28)16-7-8-23-24-16/h5-6,8-9,12,14,27-28H,7,10-11H2,1-4H3. The summed E-state index contributed by atoms with van der Waals surface area (Å²) < 4.78 is 6.02. The van der Waals surface area contributed by atoms with E-state index in [1.807, 2.05) is 6.07 Å². The summed E-state index contributed by atoms with van der Waals surface area (Å²) in [6, 6.07) is 5.58. The van der Waals surface area contributed by atoms with Crippen molar-refractivity contribution in [2.75, 3.05) is 0 Å². The highest BCUT2D eigenvalue weighted by molar-refractivity contribution is 6.09. The maximum atomic E-state index is 10.4. The lowest BCUT2D eigenvalue weighted by molar-refractivity contribution is 0.0491. The van der Waals surface area contributed by atoms with Gasteiger partial charge in [0.25, 0.3) is 0 Å². The number of aromatic nitrogens is 3. The van der Waals surface area contributed by atoms with Crippen LogP contribution in [0.2, 0.25) is 0 Å². The first-order valence-corrected chi connectivity index (χ1v) is 9.79. The Balaban J connectivity index is 1.48. The summed E-state index contributed by atoms with van der Waals surface area (Å²) in [5.41, 5.74) is 2.65. The Morgan fingerprint density at radius 3 is 2.45 bits per heavy atom. The van der Waals surface area contributed by atoms with Crippen LogP contribution >= 0.6 is 0 Å². The highest BCUT2D eigenvalue weighted by Crippen LogP contribution is 2.31. The van der Waals surface area contributed by atoms with Gasteiger partial charge in [-0.1, -0.05) is 11.2 Å². The molecule has 4 rings (SSSR count). The monoisotopic (exact) mass is 394 g/mol. The van der Waals surface area contributed by atoms with Gasteiger partial charge in [-0.2, -0.15) is 10.2 Å². The molecule has 152 valence electrons. The van der Waals surface area contributed by atoms with Crippen LogP contribution in [0.5, 0.6) is 11.8 Å². The lowest BCUT2D eigenvalue weighted by Gasteiger charge is -2.45. The predicted octanol–water partition coefficient (Wildman–Crippen LogP) is 3.11. The van der Waals surface area contributed by atoms with Gasteiger partial charge >= 0.3 is 6.01 Å². The van der Waals surface area contributed by atoms with Crippen LogP contribution in [0.3, 0.4) is 0 Å². The SMILES string of the molecule is CC1(C)CC(Oc2ncc(-c3ccc(C4=NN=CC4)cc3O)nn2)CC(C)(C)N1. The van der Waals surface area contributed by atoms with Gasteiger partial charge in [0.1, 0.15) is 17.5 Å². The number of aromatic hydroxyl groups is 1. The van der Waals surface area contributed by atoms with Crippen molar-refractivity contribution in [3.05, 3.63) is 30.0 Å². The third-order valence-electron chi connectivity index (χ3n) is 5.12. The summed E-state index contributed by atoms with van der Waals surface area (Å²) >= 11 is 0. The number of hydrogen-bond acceptors (Lipinski definition) is 8. The van der Waals surface area contributed by atoms with E-state index in [9.17, 15) is 5.11 Å². The highest BCUT2D eigenvalue weighted by Gasteiger charge is 2.39. The number of hydrogen-bond donors (Lipinski definition) is 2. The molecule has 2 aliphatic rings. The van der Waals surface area contributed by atoms with Gasteiger partial charge in [-0.15, -0.1) is 5.10 Å². The average molecular weight is 394 g/mol. The quantitative estimate of drug-likeness (QED) is 0.826. The number of rotatable bonds is 4. The van der Waals surface area contributed by atoms with E-state index in [1.165, 1.54) is 0 Å². The van der Waals surface area contributed by atoms with Gasteiger partial charge in [-0.25, -0.2) is 4.98 Å². The minimum atomic E-state index is -0.0258. The van der Waals surface area contributed by atoms with E-state index >= 15 is 0 Å². The zero-order chi connectivity index (χ0) is 20.6. The molecule has 0 spiro atoms. The number of benzene rings is 1. The predicted molar refractivity (Wildman–Crippen MR) is 112 cm³/mol. The van der Waals surface area contributed by atoms with Gasteiger partial charge in [0, 0.05) is 47.7 Å². The molecular formula is C21H26N6O2. The molecule has 8 nitrogen and oxygen atoms in total. The molecule has 2 N–H and O–H groups in total.